The molecule has 30 heavy (non-hydrogen) atoms. The molecule has 2 amide bonds. The van der Waals surface area contributed by atoms with E-state index in [1.54, 1.807) is 30.3 Å². The predicted octanol–water partition coefficient (Wildman–Crippen LogP) is 0.713. The van der Waals surface area contributed by atoms with E-state index in [4.69, 9.17) is 5.73 Å². The smallest absolute Gasteiger partial charge is 0.263 e. The predicted molar refractivity (Wildman–Crippen MR) is 109 cm³/mol. The van der Waals surface area contributed by atoms with Gasteiger partial charge in [0.25, 0.3) is 10.0 Å². The fourth-order valence-electron chi connectivity index (χ4n) is 3.03. The lowest BCUT2D eigenvalue weighted by Crippen LogP contribution is -2.40. The molecule has 8 nitrogen and oxygen atoms in total. The lowest BCUT2D eigenvalue weighted by molar-refractivity contribution is -0.123. The molecule has 1 aliphatic rings. The van der Waals surface area contributed by atoms with Gasteiger partial charge >= 0.3 is 0 Å². The van der Waals surface area contributed by atoms with Crippen LogP contribution < -0.4 is 15.8 Å². The lowest BCUT2D eigenvalue weighted by Gasteiger charge is -2.16. The number of hydrogen-bond acceptors (Lipinski definition) is 5. The van der Waals surface area contributed by atoms with Crippen LogP contribution in [0, 0.1) is 11.7 Å². The number of aliphatic imine (C=N–C) groups is 1. The van der Waals surface area contributed by atoms with Crippen molar-refractivity contribution < 1.29 is 22.4 Å². The first-order chi connectivity index (χ1) is 14.2. The van der Waals surface area contributed by atoms with E-state index in [1.165, 1.54) is 25.1 Å². The highest BCUT2D eigenvalue weighted by atomic mass is 32.2. The number of nitrogens with zero attached hydrogens (tertiary/aromatic N) is 1. The molecule has 2 aromatic rings. The number of amides is 2. The van der Waals surface area contributed by atoms with Crippen molar-refractivity contribution in [2.45, 2.75) is 24.3 Å². The van der Waals surface area contributed by atoms with Gasteiger partial charge in [0, 0.05) is 12.1 Å². The number of hydrogen-bond donors (Lipinski definition) is 3. The summed E-state index contributed by atoms with van der Waals surface area (Å²) in [6.45, 7) is 1.49. The van der Waals surface area contributed by atoms with Crippen molar-refractivity contribution in [2.75, 3.05) is 6.54 Å². The number of carbonyl (C=O) groups excluding carboxylic acids is 2. The minimum Gasteiger partial charge on any atom is -0.369 e. The van der Waals surface area contributed by atoms with Crippen LogP contribution in [0.3, 0.4) is 0 Å². The van der Waals surface area contributed by atoms with Crippen molar-refractivity contribution in [3.05, 3.63) is 65.5 Å². The van der Waals surface area contributed by atoms with E-state index in [0.717, 1.165) is 0 Å². The first-order valence-corrected chi connectivity index (χ1v) is 10.7. The average molecular weight is 432 g/mol. The summed E-state index contributed by atoms with van der Waals surface area (Å²) in [5.74, 6) is -2.08. The quantitative estimate of drug-likeness (QED) is 0.595. The molecule has 0 saturated heterocycles. The summed E-state index contributed by atoms with van der Waals surface area (Å²) < 4.78 is 39.6. The van der Waals surface area contributed by atoms with Crippen LogP contribution in [-0.2, 0) is 26.0 Å². The summed E-state index contributed by atoms with van der Waals surface area (Å²) in [6, 6.07) is 11.1. The SMILES string of the molecule is C[C@H](N=C1NS(=O)(=O)c2ccccc21)C(=O)NCC(Cc1ccc(F)cc1)C(N)=O. The Morgan fingerprint density at radius 1 is 1.17 bits per heavy atom. The van der Waals surface area contributed by atoms with Crippen LogP contribution >= 0.6 is 0 Å². The molecule has 0 aliphatic carbocycles. The minimum absolute atomic E-state index is 0.0248. The zero-order valence-electron chi connectivity index (χ0n) is 16.1. The van der Waals surface area contributed by atoms with Gasteiger partial charge in [-0.05, 0) is 43.2 Å². The Labute approximate surface area is 173 Å². The lowest BCUT2D eigenvalue weighted by atomic mass is 9.98. The Balaban J connectivity index is 1.66. The molecule has 0 radical (unpaired) electrons. The van der Waals surface area contributed by atoms with Gasteiger partial charge in [-0.2, -0.15) is 0 Å². The molecular formula is C20H21FN4O4S. The first-order valence-electron chi connectivity index (χ1n) is 9.19. The fraction of sp³-hybridized carbons (Fsp3) is 0.250. The van der Waals surface area contributed by atoms with Crippen molar-refractivity contribution in [2.24, 2.45) is 16.6 Å². The monoisotopic (exact) mass is 432 g/mol. The number of amidine groups is 1. The molecule has 1 aliphatic heterocycles. The second-order valence-corrected chi connectivity index (χ2v) is 8.58. The van der Waals surface area contributed by atoms with E-state index in [2.05, 4.69) is 15.0 Å². The number of nitrogens with two attached hydrogens (primary N) is 1. The van der Waals surface area contributed by atoms with Crippen LogP contribution in [0.1, 0.15) is 18.1 Å². The third-order valence-electron chi connectivity index (χ3n) is 4.69. The third-order valence-corrected chi connectivity index (χ3v) is 6.08. The summed E-state index contributed by atoms with van der Waals surface area (Å²) in [5.41, 5.74) is 6.52. The van der Waals surface area contributed by atoms with Crippen molar-refractivity contribution >= 4 is 27.7 Å². The highest BCUT2D eigenvalue weighted by Crippen LogP contribution is 2.22. The van der Waals surface area contributed by atoms with E-state index in [9.17, 15) is 22.4 Å². The van der Waals surface area contributed by atoms with Crippen LogP contribution in [0.15, 0.2) is 58.4 Å². The Morgan fingerprint density at radius 2 is 1.83 bits per heavy atom. The maximum atomic E-state index is 13.0. The van der Waals surface area contributed by atoms with Gasteiger partial charge in [-0.15, -0.1) is 0 Å². The number of halogens is 1. The normalized spacial score (nSPS) is 17.6. The molecule has 0 saturated carbocycles. The molecule has 0 aromatic heterocycles. The molecule has 1 unspecified atom stereocenters. The standard InChI is InChI=1S/C20H21FN4O4S/c1-12(24-19-16-4-2-3-5-17(16)30(28,29)25-19)20(27)23-11-14(18(22)26)10-13-6-8-15(21)9-7-13/h2-9,12,14H,10-11H2,1H3,(H2,22,26)(H,23,27)(H,24,25)/t12-,14?/m0/s1. The van der Waals surface area contributed by atoms with Crippen molar-refractivity contribution in [1.82, 2.24) is 10.0 Å². The van der Waals surface area contributed by atoms with Crippen LogP contribution in [0.25, 0.3) is 0 Å². The largest absolute Gasteiger partial charge is 0.369 e. The molecular weight excluding hydrogens is 411 g/mol. The van der Waals surface area contributed by atoms with Gasteiger partial charge in [-0.3, -0.25) is 19.3 Å². The fourth-order valence-corrected chi connectivity index (χ4v) is 4.27. The van der Waals surface area contributed by atoms with Crippen molar-refractivity contribution in [3.8, 4) is 0 Å². The second-order valence-electron chi connectivity index (χ2n) is 6.93. The molecule has 158 valence electrons. The van der Waals surface area contributed by atoms with Crippen LogP contribution in [0.4, 0.5) is 4.39 Å². The van der Waals surface area contributed by atoms with Crippen molar-refractivity contribution in [1.29, 1.82) is 0 Å². The van der Waals surface area contributed by atoms with Gasteiger partial charge in [0.2, 0.25) is 11.8 Å². The van der Waals surface area contributed by atoms with Crippen LogP contribution in [0.5, 0.6) is 0 Å². The first kappa shape index (κ1) is 21.4. The zero-order valence-corrected chi connectivity index (χ0v) is 16.9. The molecule has 4 N–H and O–H groups in total. The van der Waals surface area contributed by atoms with Gasteiger partial charge in [-0.25, -0.2) is 12.8 Å². The van der Waals surface area contributed by atoms with Gasteiger partial charge in [-0.1, -0.05) is 24.3 Å². The second kappa shape index (κ2) is 8.62. The highest BCUT2D eigenvalue weighted by Gasteiger charge is 2.31. The van der Waals surface area contributed by atoms with E-state index in [1.807, 2.05) is 0 Å². The van der Waals surface area contributed by atoms with Gasteiger partial charge in [0.15, 0.2) is 0 Å². The Bertz CT molecular complexity index is 1100. The Kier molecular flexibility index (Phi) is 6.16. The molecule has 0 fully saturated rings. The molecule has 10 heteroatoms. The van der Waals surface area contributed by atoms with E-state index < -0.39 is 33.8 Å². The average Bonchev–Trinajstić information content (AvgIpc) is 2.96. The maximum absolute atomic E-state index is 13.0. The molecule has 2 aromatic carbocycles. The highest BCUT2D eigenvalue weighted by molar-refractivity contribution is 7.90. The summed E-state index contributed by atoms with van der Waals surface area (Å²) in [6.07, 6.45) is 0.242. The molecule has 1 heterocycles. The zero-order chi connectivity index (χ0) is 21.9. The minimum atomic E-state index is -3.70. The van der Waals surface area contributed by atoms with Crippen LogP contribution in [-0.4, -0.2) is 38.7 Å². The molecule has 2 atom stereocenters. The molecule has 0 bridgehead atoms. The number of fused-ring (bicyclic) bond motifs is 1. The molecule has 0 spiro atoms. The van der Waals surface area contributed by atoms with E-state index in [0.29, 0.717) is 11.1 Å². The summed E-state index contributed by atoms with van der Waals surface area (Å²) >= 11 is 0. The van der Waals surface area contributed by atoms with E-state index in [-0.39, 0.29) is 29.5 Å². The summed E-state index contributed by atoms with van der Waals surface area (Å²) in [7, 11) is -3.70. The Hall–Kier alpha value is -3.27. The number of primary amides is 1. The number of rotatable bonds is 7. The van der Waals surface area contributed by atoms with Gasteiger partial charge < -0.3 is 11.1 Å². The third kappa shape index (κ3) is 4.82. The van der Waals surface area contributed by atoms with Gasteiger partial charge in [0.05, 0.1) is 10.8 Å². The van der Waals surface area contributed by atoms with Crippen molar-refractivity contribution in [3.63, 3.8) is 0 Å². The Morgan fingerprint density at radius 3 is 2.50 bits per heavy atom. The van der Waals surface area contributed by atoms with Gasteiger partial charge in [0.1, 0.15) is 17.7 Å². The summed E-state index contributed by atoms with van der Waals surface area (Å²) in [4.78, 5) is 28.5. The number of nitrogens with one attached hydrogen (secondary N) is 2. The van der Waals surface area contributed by atoms with E-state index >= 15 is 0 Å². The maximum Gasteiger partial charge on any atom is 0.263 e. The summed E-state index contributed by atoms with van der Waals surface area (Å²) in [5, 5.41) is 2.62. The van der Waals surface area contributed by atoms with Crippen LogP contribution in [0.2, 0.25) is 0 Å². The number of benzene rings is 2. The topological polar surface area (TPSA) is 131 Å². The number of carbonyl (C=O) groups is 2. The number of sulfonamides is 1. The molecule has 3 rings (SSSR count).